The molecule has 0 bridgehead atoms. The number of nitrogens with one attached hydrogen (secondary N) is 1. The van der Waals surface area contributed by atoms with E-state index in [1.165, 1.54) is 0 Å². The van der Waals surface area contributed by atoms with E-state index in [-0.39, 0.29) is 12.0 Å². The quantitative estimate of drug-likeness (QED) is 0.878. The first-order valence-corrected chi connectivity index (χ1v) is 7.96. The van der Waals surface area contributed by atoms with Crippen LogP contribution in [0.5, 0.6) is 0 Å². The third-order valence-electron chi connectivity index (χ3n) is 4.79. The molecule has 2 aliphatic rings. The number of hydrogen-bond donors (Lipinski definition) is 2. The van der Waals surface area contributed by atoms with Crippen LogP contribution in [0.3, 0.4) is 0 Å². The molecule has 2 heterocycles. The van der Waals surface area contributed by atoms with Gasteiger partial charge in [0, 0.05) is 25.8 Å². The molecule has 1 aliphatic carbocycles. The lowest BCUT2D eigenvalue weighted by atomic mass is 9.82. The van der Waals surface area contributed by atoms with Gasteiger partial charge in [-0.05, 0) is 56.8 Å². The van der Waals surface area contributed by atoms with Crippen molar-refractivity contribution < 1.29 is 9.90 Å². The summed E-state index contributed by atoms with van der Waals surface area (Å²) in [5.74, 6) is 0.552. The van der Waals surface area contributed by atoms with Crippen LogP contribution < -0.4 is 5.32 Å². The van der Waals surface area contributed by atoms with E-state index in [2.05, 4.69) is 9.88 Å². The minimum absolute atomic E-state index is 0.0972. The van der Waals surface area contributed by atoms with E-state index in [9.17, 15) is 9.90 Å². The van der Waals surface area contributed by atoms with E-state index < -0.39 is 0 Å². The summed E-state index contributed by atoms with van der Waals surface area (Å²) in [5.41, 5.74) is 0.796. The molecule has 1 amide bonds. The summed E-state index contributed by atoms with van der Waals surface area (Å²) >= 11 is 0. The molecule has 2 fully saturated rings. The molecule has 1 aromatic rings. The predicted octanol–water partition coefficient (Wildman–Crippen LogP) is 1.26. The SMILES string of the molecule is CN(CC1CC(O)C1)C(=O)c1cccn1C1CCNCC1. The Hall–Kier alpha value is -1.33. The number of aromatic nitrogens is 1. The van der Waals surface area contributed by atoms with E-state index >= 15 is 0 Å². The van der Waals surface area contributed by atoms with Gasteiger partial charge < -0.3 is 19.9 Å². The van der Waals surface area contributed by atoms with Crippen LogP contribution in [-0.2, 0) is 0 Å². The van der Waals surface area contributed by atoms with Gasteiger partial charge in [-0.2, -0.15) is 0 Å². The molecule has 0 unspecified atom stereocenters. The van der Waals surface area contributed by atoms with E-state index in [1.54, 1.807) is 0 Å². The Morgan fingerprint density at radius 2 is 2.14 bits per heavy atom. The first kappa shape index (κ1) is 14.6. The van der Waals surface area contributed by atoms with Gasteiger partial charge in [0.25, 0.3) is 5.91 Å². The zero-order valence-electron chi connectivity index (χ0n) is 12.7. The van der Waals surface area contributed by atoms with Crippen molar-refractivity contribution >= 4 is 5.91 Å². The van der Waals surface area contributed by atoms with Gasteiger partial charge >= 0.3 is 0 Å². The minimum Gasteiger partial charge on any atom is -0.393 e. The van der Waals surface area contributed by atoms with Crippen LogP contribution in [0.25, 0.3) is 0 Å². The van der Waals surface area contributed by atoms with Crippen molar-refractivity contribution in [3.05, 3.63) is 24.0 Å². The van der Waals surface area contributed by atoms with Crippen molar-refractivity contribution in [2.75, 3.05) is 26.7 Å². The second-order valence-electron chi connectivity index (χ2n) is 6.46. The second-order valence-corrected chi connectivity index (χ2v) is 6.46. The number of nitrogens with zero attached hydrogens (tertiary/aromatic N) is 2. The highest BCUT2D eigenvalue weighted by Crippen LogP contribution is 2.28. The van der Waals surface area contributed by atoms with Gasteiger partial charge in [-0.25, -0.2) is 0 Å². The molecular weight excluding hydrogens is 266 g/mol. The number of carbonyl (C=O) groups is 1. The number of rotatable bonds is 4. The molecule has 21 heavy (non-hydrogen) atoms. The second kappa shape index (κ2) is 6.20. The minimum atomic E-state index is -0.155. The Morgan fingerprint density at radius 1 is 1.43 bits per heavy atom. The molecule has 0 aromatic carbocycles. The number of aliphatic hydroxyl groups excluding tert-OH is 1. The third kappa shape index (κ3) is 3.14. The lowest BCUT2D eigenvalue weighted by molar-refractivity contribution is 0.0262. The third-order valence-corrected chi connectivity index (χ3v) is 4.79. The average molecular weight is 291 g/mol. The van der Waals surface area contributed by atoms with Gasteiger partial charge in [0.1, 0.15) is 5.69 Å². The largest absolute Gasteiger partial charge is 0.393 e. The number of piperidine rings is 1. The number of hydrogen-bond acceptors (Lipinski definition) is 3. The molecule has 2 N–H and O–H groups in total. The smallest absolute Gasteiger partial charge is 0.270 e. The molecule has 1 saturated carbocycles. The molecule has 116 valence electrons. The summed E-state index contributed by atoms with van der Waals surface area (Å²) in [5, 5.41) is 12.7. The molecule has 0 atom stereocenters. The summed E-state index contributed by atoms with van der Waals surface area (Å²) in [4.78, 5) is 14.5. The van der Waals surface area contributed by atoms with E-state index in [0.29, 0.717) is 12.0 Å². The maximum Gasteiger partial charge on any atom is 0.270 e. The van der Waals surface area contributed by atoms with Gasteiger partial charge in [0.05, 0.1) is 6.10 Å². The maximum atomic E-state index is 12.7. The zero-order chi connectivity index (χ0) is 14.8. The topological polar surface area (TPSA) is 57.5 Å². The molecular formula is C16H25N3O2. The normalized spacial score (nSPS) is 26.4. The number of aliphatic hydroxyl groups is 1. The standard InChI is InChI=1S/C16H25N3O2/c1-18(11-12-9-14(20)10-12)16(21)15-3-2-8-19(15)13-4-6-17-7-5-13/h2-3,8,12-14,17,20H,4-7,9-11H2,1H3. The highest BCUT2D eigenvalue weighted by Gasteiger charge is 2.30. The van der Waals surface area contributed by atoms with Crippen molar-refractivity contribution in [3.8, 4) is 0 Å². The van der Waals surface area contributed by atoms with Crippen LogP contribution in [0.2, 0.25) is 0 Å². The van der Waals surface area contributed by atoms with Gasteiger partial charge in [-0.15, -0.1) is 0 Å². The van der Waals surface area contributed by atoms with Gasteiger partial charge in [-0.3, -0.25) is 4.79 Å². The maximum absolute atomic E-state index is 12.7. The van der Waals surface area contributed by atoms with E-state index in [1.807, 2.05) is 30.3 Å². The Bertz CT molecular complexity index is 487. The molecule has 0 radical (unpaired) electrons. The molecule has 0 spiro atoms. The summed E-state index contributed by atoms with van der Waals surface area (Å²) < 4.78 is 2.15. The van der Waals surface area contributed by atoms with E-state index in [4.69, 9.17) is 0 Å². The lowest BCUT2D eigenvalue weighted by Crippen LogP contribution is -2.40. The monoisotopic (exact) mass is 291 g/mol. The molecule has 1 saturated heterocycles. The van der Waals surface area contributed by atoms with Crippen LogP contribution in [-0.4, -0.2) is 53.3 Å². The van der Waals surface area contributed by atoms with Gasteiger partial charge in [-0.1, -0.05) is 0 Å². The number of amides is 1. The Kier molecular flexibility index (Phi) is 4.31. The van der Waals surface area contributed by atoms with Crippen LogP contribution in [0, 0.1) is 5.92 Å². The van der Waals surface area contributed by atoms with Crippen molar-refractivity contribution in [3.63, 3.8) is 0 Å². The molecule has 1 aromatic heterocycles. The van der Waals surface area contributed by atoms with Crippen LogP contribution >= 0.6 is 0 Å². The Morgan fingerprint density at radius 3 is 2.81 bits per heavy atom. The summed E-state index contributed by atoms with van der Waals surface area (Å²) in [6, 6.07) is 4.33. The number of carbonyl (C=O) groups excluding carboxylic acids is 1. The average Bonchev–Trinajstić information content (AvgIpc) is 2.95. The first-order chi connectivity index (χ1) is 10.1. The van der Waals surface area contributed by atoms with Gasteiger partial charge in [0.15, 0.2) is 0 Å². The fourth-order valence-corrected chi connectivity index (χ4v) is 3.49. The Balaban J connectivity index is 1.65. The van der Waals surface area contributed by atoms with Crippen molar-refractivity contribution in [2.24, 2.45) is 5.92 Å². The molecule has 1 aliphatic heterocycles. The summed E-state index contributed by atoms with van der Waals surface area (Å²) in [7, 11) is 1.87. The molecule has 5 nitrogen and oxygen atoms in total. The Labute approximate surface area is 125 Å². The summed E-state index contributed by atoms with van der Waals surface area (Å²) in [6.07, 6.45) is 5.68. The van der Waals surface area contributed by atoms with Crippen molar-refractivity contribution in [2.45, 2.75) is 37.8 Å². The predicted molar refractivity (Wildman–Crippen MR) is 81.3 cm³/mol. The fraction of sp³-hybridized carbons (Fsp3) is 0.688. The fourth-order valence-electron chi connectivity index (χ4n) is 3.49. The molecule has 5 heteroatoms. The van der Waals surface area contributed by atoms with E-state index in [0.717, 1.165) is 51.0 Å². The van der Waals surface area contributed by atoms with Crippen molar-refractivity contribution in [1.82, 2.24) is 14.8 Å². The lowest BCUT2D eigenvalue weighted by Gasteiger charge is -2.34. The van der Waals surface area contributed by atoms with Gasteiger partial charge in [0.2, 0.25) is 0 Å². The molecule has 3 rings (SSSR count). The first-order valence-electron chi connectivity index (χ1n) is 7.96. The zero-order valence-corrected chi connectivity index (χ0v) is 12.7. The highest BCUT2D eigenvalue weighted by molar-refractivity contribution is 5.92. The summed E-state index contributed by atoms with van der Waals surface area (Å²) in [6.45, 7) is 2.78. The van der Waals surface area contributed by atoms with Crippen LogP contribution in [0.4, 0.5) is 0 Å². The van der Waals surface area contributed by atoms with Crippen LogP contribution in [0.1, 0.15) is 42.2 Å². The highest BCUT2D eigenvalue weighted by atomic mass is 16.3. The van der Waals surface area contributed by atoms with Crippen molar-refractivity contribution in [1.29, 1.82) is 0 Å². The van der Waals surface area contributed by atoms with Crippen LogP contribution in [0.15, 0.2) is 18.3 Å².